The second kappa shape index (κ2) is 9.00. The molecule has 9 heteroatoms. The molecule has 0 aromatic heterocycles. The molecule has 0 aliphatic heterocycles. The van der Waals surface area contributed by atoms with Gasteiger partial charge in [0.15, 0.2) is 0 Å². The molecule has 0 fully saturated rings. The van der Waals surface area contributed by atoms with Crippen molar-refractivity contribution in [2.24, 2.45) is 0 Å². The molecular weight excluding hydrogens is 409 g/mol. The lowest BCUT2D eigenvalue weighted by atomic mass is 10.1. The number of hydrogen-bond donors (Lipinski definition) is 1. The topological polar surface area (TPSA) is 58.6 Å². The van der Waals surface area contributed by atoms with Gasteiger partial charge in [-0.15, -0.1) is 0 Å². The molecule has 154 valence electrons. The molecule has 0 unspecified atom stereocenters. The molecule has 2 rings (SSSR count). The monoisotopic (exact) mass is 426 g/mol. The van der Waals surface area contributed by atoms with Crippen molar-refractivity contribution in [1.82, 2.24) is 4.90 Å². The Hall–Kier alpha value is -3.00. The van der Waals surface area contributed by atoms with Crippen molar-refractivity contribution in [3.63, 3.8) is 0 Å². The first-order valence-corrected chi connectivity index (χ1v) is 8.66. The van der Waals surface area contributed by atoms with Crippen molar-refractivity contribution in [1.29, 1.82) is 0 Å². The van der Waals surface area contributed by atoms with Crippen LogP contribution in [0.3, 0.4) is 0 Å². The minimum atomic E-state index is -4.53. The van der Waals surface area contributed by atoms with Gasteiger partial charge in [-0.3, -0.25) is 9.59 Å². The predicted molar refractivity (Wildman–Crippen MR) is 105 cm³/mol. The zero-order chi connectivity index (χ0) is 21.8. The highest BCUT2D eigenvalue weighted by Crippen LogP contribution is 2.32. The van der Waals surface area contributed by atoms with Gasteiger partial charge in [0.25, 0.3) is 5.91 Å². The first-order chi connectivity index (χ1) is 13.5. The molecule has 0 spiro atoms. The number of hydrogen-bond acceptors (Lipinski definition) is 3. The van der Waals surface area contributed by atoms with Crippen LogP contribution >= 0.6 is 11.6 Å². The lowest BCUT2D eigenvalue weighted by molar-refractivity contribution is -0.137. The number of ether oxygens (including phenoxy) is 1. The molecule has 2 aromatic carbocycles. The summed E-state index contributed by atoms with van der Waals surface area (Å²) in [5, 5.41) is 2.61. The quantitative estimate of drug-likeness (QED) is 0.704. The Morgan fingerprint density at radius 3 is 2.41 bits per heavy atom. The molecule has 0 atom stereocenters. The highest BCUT2D eigenvalue weighted by molar-refractivity contribution is 6.32. The van der Waals surface area contributed by atoms with Gasteiger partial charge in [-0.25, -0.2) is 0 Å². The van der Waals surface area contributed by atoms with E-state index in [1.54, 1.807) is 20.2 Å². The number of carbonyl (C=O) groups excluding carboxylic acids is 2. The summed E-state index contributed by atoms with van der Waals surface area (Å²) in [5.41, 5.74) is -0.264. The third-order valence-electron chi connectivity index (χ3n) is 3.85. The number of benzene rings is 2. The summed E-state index contributed by atoms with van der Waals surface area (Å²) in [4.78, 5) is 25.7. The fourth-order valence-corrected chi connectivity index (χ4v) is 2.57. The lowest BCUT2D eigenvalue weighted by Crippen LogP contribution is -2.22. The van der Waals surface area contributed by atoms with E-state index >= 15 is 0 Å². The number of alkyl halides is 3. The van der Waals surface area contributed by atoms with E-state index in [0.29, 0.717) is 11.3 Å². The molecule has 29 heavy (non-hydrogen) atoms. The van der Waals surface area contributed by atoms with Crippen LogP contribution in [0.1, 0.15) is 21.5 Å². The molecule has 0 aliphatic carbocycles. The largest absolute Gasteiger partial charge is 0.495 e. The van der Waals surface area contributed by atoms with Crippen LogP contribution in [0.5, 0.6) is 5.75 Å². The zero-order valence-corrected chi connectivity index (χ0v) is 16.6. The van der Waals surface area contributed by atoms with Gasteiger partial charge in [-0.05, 0) is 48.0 Å². The van der Waals surface area contributed by atoms with Gasteiger partial charge < -0.3 is 15.0 Å². The summed E-state index contributed by atoms with van der Waals surface area (Å²) in [5.74, 6) is -0.583. The summed E-state index contributed by atoms with van der Waals surface area (Å²) < 4.78 is 43.7. The first kappa shape index (κ1) is 22.3. The van der Waals surface area contributed by atoms with Crippen LogP contribution in [0, 0.1) is 0 Å². The zero-order valence-electron chi connectivity index (χ0n) is 15.8. The Morgan fingerprint density at radius 2 is 1.83 bits per heavy atom. The molecule has 0 heterocycles. The third-order valence-corrected chi connectivity index (χ3v) is 4.19. The molecule has 2 aromatic rings. The van der Waals surface area contributed by atoms with Crippen molar-refractivity contribution < 1.29 is 27.5 Å². The number of amides is 2. The Kier molecular flexibility index (Phi) is 6.92. The average Bonchev–Trinajstić information content (AvgIpc) is 2.65. The van der Waals surface area contributed by atoms with E-state index in [0.717, 1.165) is 24.3 Å². The highest BCUT2D eigenvalue weighted by Gasteiger charge is 2.30. The van der Waals surface area contributed by atoms with E-state index in [1.165, 1.54) is 30.2 Å². The van der Waals surface area contributed by atoms with Crippen LogP contribution in [-0.4, -0.2) is 37.9 Å². The van der Waals surface area contributed by atoms with Crippen molar-refractivity contribution in [2.45, 2.75) is 6.18 Å². The van der Waals surface area contributed by atoms with Crippen LogP contribution < -0.4 is 10.1 Å². The summed E-state index contributed by atoms with van der Waals surface area (Å²) in [6.07, 6.45) is -2.31. The molecule has 0 bridgehead atoms. The van der Waals surface area contributed by atoms with Gasteiger partial charge in [-0.2, -0.15) is 13.2 Å². The summed E-state index contributed by atoms with van der Waals surface area (Å²) in [6, 6.07) is 7.35. The van der Waals surface area contributed by atoms with Crippen LogP contribution in [0.4, 0.5) is 18.9 Å². The number of carbonyl (C=O) groups is 2. The Labute approximate surface area is 170 Å². The fraction of sp³-hybridized carbons (Fsp3) is 0.200. The summed E-state index contributed by atoms with van der Waals surface area (Å²) in [7, 11) is 4.58. The summed E-state index contributed by atoms with van der Waals surface area (Å²) >= 11 is 5.91. The smallest absolute Gasteiger partial charge is 0.416 e. The molecule has 1 N–H and O–H groups in total. The lowest BCUT2D eigenvalue weighted by Gasteiger charge is -2.14. The normalized spacial score (nSPS) is 11.4. The number of nitrogens with zero attached hydrogens (tertiary/aromatic N) is 1. The van der Waals surface area contributed by atoms with Gasteiger partial charge >= 0.3 is 6.18 Å². The van der Waals surface area contributed by atoms with E-state index in [4.69, 9.17) is 16.3 Å². The Balaban J connectivity index is 2.25. The van der Waals surface area contributed by atoms with Crippen LogP contribution in [0.25, 0.3) is 6.08 Å². The van der Waals surface area contributed by atoms with Gasteiger partial charge in [0.2, 0.25) is 5.91 Å². The molecule has 5 nitrogen and oxygen atoms in total. The molecule has 2 amide bonds. The highest BCUT2D eigenvalue weighted by atomic mass is 35.5. The maximum atomic E-state index is 12.8. The van der Waals surface area contributed by atoms with Crippen LogP contribution in [0.15, 0.2) is 42.5 Å². The molecule has 0 aliphatic rings. The van der Waals surface area contributed by atoms with E-state index in [-0.39, 0.29) is 22.2 Å². The molecule has 0 radical (unpaired) electrons. The maximum Gasteiger partial charge on any atom is 0.416 e. The Bertz CT molecular complexity index is 956. The van der Waals surface area contributed by atoms with Gasteiger partial charge in [0.1, 0.15) is 5.75 Å². The van der Waals surface area contributed by atoms with Crippen molar-refractivity contribution in [3.05, 3.63) is 64.2 Å². The Morgan fingerprint density at radius 1 is 1.14 bits per heavy atom. The van der Waals surface area contributed by atoms with Crippen LogP contribution in [0.2, 0.25) is 5.02 Å². The average molecular weight is 427 g/mol. The van der Waals surface area contributed by atoms with Gasteiger partial charge in [0.05, 0.1) is 18.4 Å². The summed E-state index contributed by atoms with van der Waals surface area (Å²) in [6.45, 7) is 0. The van der Waals surface area contributed by atoms with E-state index in [2.05, 4.69) is 5.32 Å². The number of anilines is 1. The standard InChI is InChI=1S/C20H18ClF3N2O3/c1-26(2)19(28)13-4-8-17(29-3)16(11-13)25-18(27)9-5-12-10-14(20(22,23)24)6-7-15(12)21/h4-11H,1-3H3,(H,25,27). The predicted octanol–water partition coefficient (Wildman–Crippen LogP) is 4.72. The van der Waals surface area contributed by atoms with E-state index in [9.17, 15) is 22.8 Å². The second-order valence-electron chi connectivity index (χ2n) is 6.17. The third kappa shape index (κ3) is 5.74. The van der Waals surface area contributed by atoms with Crippen LogP contribution in [-0.2, 0) is 11.0 Å². The molecular formula is C20H18ClF3N2O3. The molecule has 0 saturated carbocycles. The van der Waals surface area contributed by atoms with Crippen molar-refractivity contribution in [3.8, 4) is 5.75 Å². The number of halogens is 4. The SMILES string of the molecule is COc1ccc(C(=O)N(C)C)cc1NC(=O)C=Cc1cc(C(F)(F)F)ccc1Cl. The van der Waals surface area contributed by atoms with E-state index < -0.39 is 17.6 Å². The van der Waals surface area contributed by atoms with Crippen molar-refractivity contribution in [2.75, 3.05) is 26.5 Å². The minimum Gasteiger partial charge on any atom is -0.495 e. The fourth-order valence-electron chi connectivity index (χ4n) is 2.38. The minimum absolute atomic E-state index is 0.0418. The van der Waals surface area contributed by atoms with Gasteiger partial charge in [0, 0.05) is 30.8 Å². The van der Waals surface area contributed by atoms with Gasteiger partial charge in [-0.1, -0.05) is 11.6 Å². The van der Waals surface area contributed by atoms with E-state index in [1.807, 2.05) is 0 Å². The van der Waals surface area contributed by atoms with Crippen molar-refractivity contribution >= 4 is 35.2 Å². The number of methoxy groups -OCH3 is 1. The maximum absolute atomic E-state index is 12.8. The number of nitrogens with one attached hydrogen (secondary N) is 1. The number of rotatable bonds is 5. The first-order valence-electron chi connectivity index (χ1n) is 8.28. The second-order valence-corrected chi connectivity index (χ2v) is 6.58. The molecule has 0 saturated heterocycles.